The Bertz CT molecular complexity index is 913. The third-order valence-corrected chi connectivity index (χ3v) is 4.88. The van der Waals surface area contributed by atoms with E-state index in [1.54, 1.807) is 4.90 Å². The normalized spacial score (nSPS) is 18.4. The minimum absolute atomic E-state index is 0.120. The highest BCUT2D eigenvalue weighted by Gasteiger charge is 2.32. The van der Waals surface area contributed by atoms with Crippen LogP contribution in [0.15, 0.2) is 36.4 Å². The molecule has 0 aromatic heterocycles. The molecule has 140 valence electrons. The molecule has 27 heavy (non-hydrogen) atoms. The molecule has 2 aliphatic rings. The van der Waals surface area contributed by atoms with E-state index in [0.29, 0.717) is 31.3 Å². The van der Waals surface area contributed by atoms with E-state index in [1.165, 1.54) is 6.07 Å². The molecule has 8 heteroatoms. The van der Waals surface area contributed by atoms with Crippen molar-refractivity contribution in [2.45, 2.75) is 18.9 Å². The van der Waals surface area contributed by atoms with Gasteiger partial charge in [0.1, 0.15) is 13.2 Å². The van der Waals surface area contributed by atoms with E-state index in [1.807, 2.05) is 18.2 Å². The number of hydrogen-bond donors (Lipinski definition) is 1. The molecule has 8 nitrogen and oxygen atoms in total. The van der Waals surface area contributed by atoms with Crippen LogP contribution in [0.25, 0.3) is 0 Å². The van der Waals surface area contributed by atoms with Crippen molar-refractivity contribution in [3.63, 3.8) is 0 Å². The van der Waals surface area contributed by atoms with Gasteiger partial charge in [-0.3, -0.25) is 14.9 Å². The molecule has 1 fully saturated rings. The molecule has 0 radical (unpaired) electrons. The number of aromatic hydroxyl groups is 1. The lowest BCUT2D eigenvalue weighted by molar-refractivity contribution is -0.385. The van der Waals surface area contributed by atoms with Crippen LogP contribution < -0.4 is 9.47 Å². The smallest absolute Gasteiger partial charge is 0.310 e. The highest BCUT2D eigenvalue weighted by Crippen LogP contribution is 2.39. The van der Waals surface area contributed by atoms with Gasteiger partial charge in [0.15, 0.2) is 17.2 Å². The van der Waals surface area contributed by atoms with Crippen LogP contribution in [-0.4, -0.2) is 40.6 Å². The van der Waals surface area contributed by atoms with Crippen molar-refractivity contribution >= 4 is 11.6 Å². The van der Waals surface area contributed by atoms with Crippen LogP contribution >= 0.6 is 0 Å². The zero-order valence-electron chi connectivity index (χ0n) is 14.5. The topological polar surface area (TPSA) is 102 Å². The summed E-state index contributed by atoms with van der Waals surface area (Å²) >= 11 is 0. The molecule has 1 unspecified atom stereocenters. The quantitative estimate of drug-likeness (QED) is 0.658. The third-order valence-electron chi connectivity index (χ3n) is 4.88. The van der Waals surface area contributed by atoms with E-state index in [0.717, 1.165) is 30.5 Å². The summed E-state index contributed by atoms with van der Waals surface area (Å²) in [4.78, 5) is 24.8. The van der Waals surface area contributed by atoms with Crippen molar-refractivity contribution in [3.05, 3.63) is 57.6 Å². The fraction of sp³-hybridized carbons (Fsp3) is 0.316. The number of nitro benzene ring substituents is 1. The number of fused-ring (bicyclic) bond motifs is 1. The number of carbonyl (C=O) groups is 1. The standard InChI is InChI=1S/C19H18N2O6/c22-16-10-13(3-5-15(16)21(24)25)19(23)20-7-1-2-14(20)12-4-6-17-18(11-12)27-9-8-26-17/h3-6,10-11,14,22H,1-2,7-9H2. The summed E-state index contributed by atoms with van der Waals surface area (Å²) in [7, 11) is 0. The molecule has 1 amide bonds. The van der Waals surface area contributed by atoms with Crippen LogP contribution in [0.2, 0.25) is 0 Å². The molecule has 2 heterocycles. The van der Waals surface area contributed by atoms with E-state index in [-0.39, 0.29) is 17.5 Å². The van der Waals surface area contributed by atoms with Crippen LogP contribution in [-0.2, 0) is 0 Å². The molecule has 0 aliphatic carbocycles. The SMILES string of the molecule is O=C(c1ccc([N+](=O)[O-])c(O)c1)N1CCCC1c1ccc2c(c1)OCCO2. The Kier molecular flexibility index (Phi) is 4.31. The van der Waals surface area contributed by atoms with Crippen LogP contribution in [0.5, 0.6) is 17.2 Å². The van der Waals surface area contributed by atoms with Gasteiger partial charge in [0.25, 0.3) is 5.91 Å². The minimum atomic E-state index is -0.683. The number of likely N-dealkylation sites (tertiary alicyclic amines) is 1. The Labute approximate surface area is 155 Å². The Morgan fingerprint density at radius 2 is 1.93 bits per heavy atom. The van der Waals surface area contributed by atoms with E-state index in [2.05, 4.69) is 0 Å². The molecular weight excluding hydrogens is 352 g/mol. The van der Waals surface area contributed by atoms with Gasteiger partial charge in [-0.25, -0.2) is 0 Å². The van der Waals surface area contributed by atoms with Crippen LogP contribution in [0, 0.1) is 10.1 Å². The fourth-order valence-corrected chi connectivity index (χ4v) is 3.60. The molecule has 0 saturated carbocycles. The summed E-state index contributed by atoms with van der Waals surface area (Å²) in [6.45, 7) is 1.59. The lowest BCUT2D eigenvalue weighted by atomic mass is 10.0. The van der Waals surface area contributed by atoms with Gasteiger partial charge in [-0.05, 0) is 42.7 Å². The van der Waals surface area contributed by atoms with Gasteiger partial charge in [0.2, 0.25) is 0 Å². The third kappa shape index (κ3) is 3.14. The molecule has 0 spiro atoms. The number of phenols is 1. The molecule has 2 aromatic rings. The summed E-state index contributed by atoms with van der Waals surface area (Å²) in [5.41, 5.74) is 0.759. The number of phenolic OH excluding ortho intramolecular Hbond substituents is 1. The van der Waals surface area contributed by atoms with Gasteiger partial charge in [0.05, 0.1) is 11.0 Å². The van der Waals surface area contributed by atoms with Gasteiger partial charge in [-0.1, -0.05) is 6.07 Å². The van der Waals surface area contributed by atoms with Gasteiger partial charge in [-0.15, -0.1) is 0 Å². The average Bonchev–Trinajstić information content (AvgIpc) is 3.16. The zero-order chi connectivity index (χ0) is 19.0. The van der Waals surface area contributed by atoms with Crippen molar-refractivity contribution in [2.75, 3.05) is 19.8 Å². The average molecular weight is 370 g/mol. The number of rotatable bonds is 3. The second-order valence-electron chi connectivity index (χ2n) is 6.52. The van der Waals surface area contributed by atoms with Gasteiger partial charge >= 0.3 is 5.69 Å². The van der Waals surface area contributed by atoms with E-state index >= 15 is 0 Å². The lowest BCUT2D eigenvalue weighted by Gasteiger charge is -2.27. The van der Waals surface area contributed by atoms with Crippen molar-refractivity contribution in [2.24, 2.45) is 0 Å². The molecule has 1 atom stereocenters. The maximum absolute atomic E-state index is 12.9. The summed E-state index contributed by atoms with van der Waals surface area (Å²) < 4.78 is 11.2. The molecule has 1 N–H and O–H groups in total. The first-order chi connectivity index (χ1) is 13.0. The first-order valence-electron chi connectivity index (χ1n) is 8.72. The van der Waals surface area contributed by atoms with E-state index in [9.17, 15) is 20.0 Å². The first-order valence-corrected chi connectivity index (χ1v) is 8.72. The lowest BCUT2D eigenvalue weighted by Crippen LogP contribution is -2.30. The van der Waals surface area contributed by atoms with Crippen molar-refractivity contribution < 1.29 is 24.3 Å². The highest BCUT2D eigenvalue weighted by molar-refractivity contribution is 5.95. The molecule has 2 aromatic carbocycles. The zero-order valence-corrected chi connectivity index (χ0v) is 14.5. The highest BCUT2D eigenvalue weighted by atomic mass is 16.6. The maximum Gasteiger partial charge on any atom is 0.310 e. The van der Waals surface area contributed by atoms with Crippen molar-refractivity contribution in [1.82, 2.24) is 4.90 Å². The number of carbonyl (C=O) groups excluding carboxylic acids is 1. The Morgan fingerprint density at radius 1 is 1.15 bits per heavy atom. The predicted octanol–water partition coefficient (Wildman–Crippen LogP) is 3.05. The number of amides is 1. The number of hydrogen-bond acceptors (Lipinski definition) is 6. The molecule has 1 saturated heterocycles. The Balaban J connectivity index is 1.60. The molecule has 0 bridgehead atoms. The van der Waals surface area contributed by atoms with Crippen LogP contribution in [0.4, 0.5) is 5.69 Å². The van der Waals surface area contributed by atoms with Gasteiger partial charge in [0, 0.05) is 18.2 Å². The maximum atomic E-state index is 12.9. The van der Waals surface area contributed by atoms with E-state index < -0.39 is 16.4 Å². The number of benzene rings is 2. The largest absolute Gasteiger partial charge is 0.502 e. The van der Waals surface area contributed by atoms with Crippen molar-refractivity contribution in [3.8, 4) is 17.2 Å². The second kappa shape index (κ2) is 6.79. The summed E-state index contributed by atoms with van der Waals surface area (Å²) in [5.74, 6) is 0.589. The monoisotopic (exact) mass is 370 g/mol. The summed E-state index contributed by atoms with van der Waals surface area (Å²) in [5, 5.41) is 20.7. The second-order valence-corrected chi connectivity index (χ2v) is 6.52. The Hall–Kier alpha value is -3.29. The van der Waals surface area contributed by atoms with Crippen molar-refractivity contribution in [1.29, 1.82) is 0 Å². The fourth-order valence-electron chi connectivity index (χ4n) is 3.60. The van der Waals surface area contributed by atoms with Gasteiger partial charge < -0.3 is 19.5 Å². The Morgan fingerprint density at radius 3 is 2.67 bits per heavy atom. The number of ether oxygens (including phenoxy) is 2. The van der Waals surface area contributed by atoms with Gasteiger partial charge in [-0.2, -0.15) is 0 Å². The summed E-state index contributed by atoms with van der Waals surface area (Å²) in [6, 6.07) is 9.24. The first kappa shape index (κ1) is 17.1. The van der Waals surface area contributed by atoms with Crippen LogP contribution in [0.1, 0.15) is 34.8 Å². The predicted molar refractivity (Wildman–Crippen MR) is 95.2 cm³/mol. The number of nitro groups is 1. The van der Waals surface area contributed by atoms with Crippen LogP contribution in [0.3, 0.4) is 0 Å². The minimum Gasteiger partial charge on any atom is -0.502 e. The molecular formula is C19H18N2O6. The number of nitrogens with zero attached hydrogens (tertiary/aromatic N) is 2. The summed E-state index contributed by atoms with van der Waals surface area (Å²) in [6.07, 6.45) is 1.66. The molecule has 2 aliphatic heterocycles. The molecule has 4 rings (SSSR count). The van der Waals surface area contributed by atoms with E-state index in [4.69, 9.17) is 9.47 Å².